The second-order valence-electron chi connectivity index (χ2n) is 3.72. The fourth-order valence-corrected chi connectivity index (χ4v) is 2.09. The van der Waals surface area contributed by atoms with Crippen molar-refractivity contribution in [3.63, 3.8) is 0 Å². The van der Waals surface area contributed by atoms with Crippen molar-refractivity contribution in [2.45, 2.75) is 6.54 Å². The lowest BCUT2D eigenvalue weighted by molar-refractivity contribution is 0.349. The zero-order chi connectivity index (χ0) is 14.7. The van der Waals surface area contributed by atoms with E-state index in [1.165, 1.54) is 21.3 Å². The number of aromatic nitrogens is 2. The molecule has 0 aliphatic heterocycles. The summed E-state index contributed by atoms with van der Waals surface area (Å²) in [5.74, 6) is 1.82. The first-order chi connectivity index (χ1) is 9.65. The number of ether oxygens (including phenoxy) is 3. The maximum Gasteiger partial charge on any atom is 0.240 e. The van der Waals surface area contributed by atoms with E-state index in [1.54, 1.807) is 6.07 Å². The van der Waals surface area contributed by atoms with Crippen LogP contribution in [0.3, 0.4) is 0 Å². The maximum absolute atomic E-state index is 6.33. The highest BCUT2D eigenvalue weighted by molar-refractivity contribution is 6.35. The van der Waals surface area contributed by atoms with Crippen LogP contribution in [0.25, 0.3) is 11.4 Å². The SMILES string of the molecule is COc1cc(OC)c(-c2noc(CN)n2)c(Cl)c1OC. The molecular formula is C12H14ClN3O4. The number of halogens is 1. The molecular weight excluding hydrogens is 286 g/mol. The van der Waals surface area contributed by atoms with Gasteiger partial charge in [-0.3, -0.25) is 0 Å². The molecule has 0 amide bonds. The topological polar surface area (TPSA) is 92.6 Å². The van der Waals surface area contributed by atoms with Gasteiger partial charge in [0, 0.05) is 6.07 Å². The van der Waals surface area contributed by atoms with Gasteiger partial charge in [0.2, 0.25) is 11.7 Å². The largest absolute Gasteiger partial charge is 0.496 e. The number of rotatable bonds is 5. The lowest BCUT2D eigenvalue weighted by Gasteiger charge is -2.14. The van der Waals surface area contributed by atoms with Crippen molar-refractivity contribution in [1.82, 2.24) is 10.1 Å². The minimum absolute atomic E-state index is 0.139. The van der Waals surface area contributed by atoms with Gasteiger partial charge in [0.05, 0.1) is 33.4 Å². The minimum Gasteiger partial charge on any atom is -0.496 e. The summed E-state index contributed by atoms with van der Waals surface area (Å²) in [6.45, 7) is 0.139. The molecule has 0 aliphatic carbocycles. The molecule has 0 fully saturated rings. The highest BCUT2D eigenvalue weighted by Crippen LogP contribution is 2.46. The Balaban J connectivity index is 2.67. The lowest BCUT2D eigenvalue weighted by atomic mass is 10.1. The number of nitrogens with two attached hydrogens (primary N) is 1. The fraction of sp³-hybridized carbons (Fsp3) is 0.333. The zero-order valence-corrected chi connectivity index (χ0v) is 12.0. The Kier molecular flexibility index (Phi) is 4.31. The normalized spacial score (nSPS) is 10.4. The Morgan fingerprint density at radius 2 is 1.90 bits per heavy atom. The van der Waals surface area contributed by atoms with E-state index in [4.69, 9.17) is 36.1 Å². The van der Waals surface area contributed by atoms with Crippen molar-refractivity contribution >= 4 is 11.6 Å². The predicted octanol–water partition coefficient (Wildman–Crippen LogP) is 1.87. The summed E-state index contributed by atoms with van der Waals surface area (Å²) in [5.41, 5.74) is 5.90. The van der Waals surface area contributed by atoms with Crippen LogP contribution in [-0.2, 0) is 6.54 Å². The molecule has 0 saturated heterocycles. The Hall–Kier alpha value is -1.99. The summed E-state index contributed by atoms with van der Waals surface area (Å²) in [6.07, 6.45) is 0. The molecule has 1 aromatic carbocycles. The van der Waals surface area contributed by atoms with Gasteiger partial charge in [-0.05, 0) is 0 Å². The molecule has 7 nitrogen and oxygen atoms in total. The Labute approximate surface area is 120 Å². The van der Waals surface area contributed by atoms with Crippen LogP contribution in [-0.4, -0.2) is 31.5 Å². The first-order valence-corrected chi connectivity index (χ1v) is 6.05. The van der Waals surface area contributed by atoms with Crippen LogP contribution in [0.2, 0.25) is 5.02 Å². The van der Waals surface area contributed by atoms with Gasteiger partial charge >= 0.3 is 0 Å². The summed E-state index contributed by atoms with van der Waals surface area (Å²) < 4.78 is 20.7. The van der Waals surface area contributed by atoms with Crippen LogP contribution in [0.4, 0.5) is 0 Å². The molecule has 1 heterocycles. The van der Waals surface area contributed by atoms with Crippen molar-refractivity contribution in [2.75, 3.05) is 21.3 Å². The molecule has 0 bridgehead atoms. The number of methoxy groups -OCH3 is 3. The quantitative estimate of drug-likeness (QED) is 0.901. The van der Waals surface area contributed by atoms with E-state index < -0.39 is 0 Å². The molecule has 0 aliphatic rings. The van der Waals surface area contributed by atoms with Crippen LogP contribution in [0.15, 0.2) is 10.6 Å². The molecule has 0 spiro atoms. The van der Waals surface area contributed by atoms with Crippen LogP contribution >= 0.6 is 11.6 Å². The maximum atomic E-state index is 6.33. The summed E-state index contributed by atoms with van der Waals surface area (Å²) in [7, 11) is 4.50. The van der Waals surface area contributed by atoms with Crippen LogP contribution in [0, 0.1) is 0 Å². The molecule has 0 unspecified atom stereocenters. The van der Waals surface area contributed by atoms with Gasteiger partial charge in [0.15, 0.2) is 11.5 Å². The van der Waals surface area contributed by atoms with Gasteiger partial charge < -0.3 is 24.5 Å². The van der Waals surface area contributed by atoms with E-state index in [-0.39, 0.29) is 17.4 Å². The van der Waals surface area contributed by atoms with Crippen molar-refractivity contribution in [3.8, 4) is 28.6 Å². The van der Waals surface area contributed by atoms with Gasteiger partial charge in [0.25, 0.3) is 0 Å². The van der Waals surface area contributed by atoms with Crippen LogP contribution in [0.5, 0.6) is 17.2 Å². The second-order valence-corrected chi connectivity index (χ2v) is 4.10. The molecule has 20 heavy (non-hydrogen) atoms. The average Bonchev–Trinajstić information content (AvgIpc) is 2.94. The smallest absolute Gasteiger partial charge is 0.240 e. The van der Waals surface area contributed by atoms with Crippen LogP contribution < -0.4 is 19.9 Å². The van der Waals surface area contributed by atoms with Gasteiger partial charge in [-0.25, -0.2) is 0 Å². The molecule has 108 valence electrons. The Bertz CT molecular complexity index is 615. The highest BCUT2D eigenvalue weighted by atomic mass is 35.5. The third kappa shape index (κ3) is 2.37. The van der Waals surface area contributed by atoms with Gasteiger partial charge in [-0.15, -0.1) is 0 Å². The fourth-order valence-electron chi connectivity index (χ4n) is 1.74. The molecule has 8 heteroatoms. The molecule has 0 saturated carbocycles. The Morgan fingerprint density at radius 1 is 1.20 bits per heavy atom. The number of hydrogen-bond acceptors (Lipinski definition) is 7. The van der Waals surface area contributed by atoms with E-state index in [0.717, 1.165) is 0 Å². The van der Waals surface area contributed by atoms with E-state index in [9.17, 15) is 0 Å². The van der Waals surface area contributed by atoms with Gasteiger partial charge in [-0.1, -0.05) is 16.8 Å². The summed E-state index contributed by atoms with van der Waals surface area (Å²) in [6, 6.07) is 1.64. The third-order valence-electron chi connectivity index (χ3n) is 2.66. The summed E-state index contributed by atoms with van der Waals surface area (Å²) in [5, 5.41) is 4.10. The molecule has 1 aromatic heterocycles. The van der Waals surface area contributed by atoms with Crippen LogP contribution in [0.1, 0.15) is 5.89 Å². The Morgan fingerprint density at radius 3 is 2.40 bits per heavy atom. The standard InChI is InChI=1S/C12H14ClN3O4/c1-17-6-4-7(18-2)11(19-3)10(13)9(6)12-15-8(5-14)20-16-12/h4H,5,14H2,1-3H3. The zero-order valence-electron chi connectivity index (χ0n) is 11.3. The second kappa shape index (κ2) is 5.98. The highest BCUT2D eigenvalue weighted by Gasteiger charge is 2.23. The predicted molar refractivity (Wildman–Crippen MR) is 72.3 cm³/mol. The summed E-state index contributed by atoms with van der Waals surface area (Å²) in [4.78, 5) is 4.14. The first-order valence-electron chi connectivity index (χ1n) is 5.67. The number of benzene rings is 1. The first kappa shape index (κ1) is 14.4. The van der Waals surface area contributed by atoms with Gasteiger partial charge in [0.1, 0.15) is 10.8 Å². The van der Waals surface area contributed by atoms with Crippen molar-refractivity contribution < 1.29 is 18.7 Å². The van der Waals surface area contributed by atoms with E-state index in [0.29, 0.717) is 28.7 Å². The number of hydrogen-bond donors (Lipinski definition) is 1. The molecule has 2 aromatic rings. The van der Waals surface area contributed by atoms with Crippen molar-refractivity contribution in [3.05, 3.63) is 17.0 Å². The lowest BCUT2D eigenvalue weighted by Crippen LogP contribution is -1.98. The molecule has 0 radical (unpaired) electrons. The molecule has 2 rings (SSSR count). The van der Waals surface area contributed by atoms with Crippen molar-refractivity contribution in [1.29, 1.82) is 0 Å². The minimum atomic E-state index is 0.139. The van der Waals surface area contributed by atoms with Crippen molar-refractivity contribution in [2.24, 2.45) is 5.73 Å². The molecule has 0 atom stereocenters. The average molecular weight is 300 g/mol. The monoisotopic (exact) mass is 299 g/mol. The van der Waals surface area contributed by atoms with E-state index >= 15 is 0 Å². The van der Waals surface area contributed by atoms with Gasteiger partial charge in [-0.2, -0.15) is 4.98 Å². The third-order valence-corrected chi connectivity index (χ3v) is 3.02. The number of nitrogens with zero attached hydrogens (tertiary/aromatic N) is 2. The van der Waals surface area contributed by atoms with E-state index in [1.807, 2.05) is 0 Å². The van der Waals surface area contributed by atoms with E-state index in [2.05, 4.69) is 10.1 Å². The summed E-state index contributed by atoms with van der Waals surface area (Å²) >= 11 is 6.33. The molecule has 2 N–H and O–H groups in total.